The van der Waals surface area contributed by atoms with Crippen LogP contribution in [0, 0.1) is 0 Å². The number of nitrogens with zero attached hydrogens (tertiary/aromatic N) is 1. The van der Waals surface area contributed by atoms with Crippen LogP contribution in [0.3, 0.4) is 0 Å². The van der Waals surface area contributed by atoms with Gasteiger partial charge in [-0.2, -0.15) is 0 Å². The average molecular weight is 252 g/mol. The maximum Gasteiger partial charge on any atom is 0.330 e. The van der Waals surface area contributed by atoms with Crippen LogP contribution in [0.25, 0.3) is 0 Å². The number of nitrogens with one attached hydrogen (secondary N) is 1. The third-order valence-electron chi connectivity index (χ3n) is 2.38. The lowest BCUT2D eigenvalue weighted by Crippen LogP contribution is -2.32. The molecule has 0 fully saturated rings. The summed E-state index contributed by atoms with van der Waals surface area (Å²) < 4.78 is 11.5. The van der Waals surface area contributed by atoms with Crippen LogP contribution in [0.4, 0.5) is 0 Å². The van der Waals surface area contributed by atoms with Crippen LogP contribution in [0.5, 0.6) is 0 Å². The number of aromatic nitrogens is 2. The molecule has 0 radical (unpaired) electrons. The molecule has 7 heteroatoms. The normalized spacial score (nSPS) is 22.1. The Labute approximate surface area is 102 Å². The minimum atomic E-state index is -0.602. The fourth-order valence-corrected chi connectivity index (χ4v) is 1.57. The molecule has 2 atom stereocenters. The van der Waals surface area contributed by atoms with Crippen LogP contribution < -0.4 is 11.2 Å². The molecule has 0 aromatic carbocycles. The van der Waals surface area contributed by atoms with Crippen molar-refractivity contribution in [2.45, 2.75) is 19.3 Å². The first-order valence-corrected chi connectivity index (χ1v) is 5.35. The van der Waals surface area contributed by atoms with E-state index in [0.29, 0.717) is 0 Å². The van der Waals surface area contributed by atoms with E-state index in [9.17, 15) is 14.4 Å². The Morgan fingerprint density at radius 3 is 2.94 bits per heavy atom. The molecule has 1 N–H and O–H groups in total. The highest BCUT2D eigenvalue weighted by molar-refractivity contribution is 5.65. The van der Waals surface area contributed by atoms with Gasteiger partial charge in [0.1, 0.15) is 12.7 Å². The molecule has 0 saturated heterocycles. The Morgan fingerprint density at radius 2 is 2.28 bits per heavy atom. The molecular weight excluding hydrogens is 240 g/mol. The summed E-state index contributed by atoms with van der Waals surface area (Å²) in [5, 5.41) is 0. The van der Waals surface area contributed by atoms with Gasteiger partial charge in [-0.3, -0.25) is 19.1 Å². The van der Waals surface area contributed by atoms with E-state index in [1.807, 2.05) is 0 Å². The number of hydrogen-bond donors (Lipinski definition) is 1. The number of H-pyrrole nitrogens is 1. The number of aromatic amines is 1. The zero-order chi connectivity index (χ0) is 13.1. The predicted molar refractivity (Wildman–Crippen MR) is 61.0 cm³/mol. The minimum Gasteiger partial charge on any atom is -0.463 e. The van der Waals surface area contributed by atoms with Gasteiger partial charge in [0.15, 0.2) is 6.23 Å². The van der Waals surface area contributed by atoms with Gasteiger partial charge >= 0.3 is 11.7 Å². The van der Waals surface area contributed by atoms with Crippen molar-refractivity contribution < 1.29 is 14.3 Å². The summed E-state index contributed by atoms with van der Waals surface area (Å²) in [6.45, 7) is 1.41. The number of rotatable bonds is 3. The lowest BCUT2D eigenvalue weighted by atomic mass is 10.4. The zero-order valence-corrected chi connectivity index (χ0v) is 9.66. The predicted octanol–water partition coefficient (Wildman–Crippen LogP) is -0.447. The molecule has 7 nitrogen and oxygen atoms in total. The molecule has 2 rings (SSSR count). The summed E-state index contributed by atoms with van der Waals surface area (Å²) in [6, 6.07) is 1.23. The van der Waals surface area contributed by atoms with Gasteiger partial charge in [-0.05, 0) is 6.08 Å². The maximum atomic E-state index is 11.5. The minimum absolute atomic E-state index is 0.0977. The molecule has 0 spiro atoms. The molecule has 2 heterocycles. The highest BCUT2D eigenvalue weighted by Crippen LogP contribution is 2.19. The molecule has 2 unspecified atom stereocenters. The van der Waals surface area contributed by atoms with Crippen molar-refractivity contribution in [3.05, 3.63) is 45.3 Å². The molecular formula is C11H12N2O5. The summed E-state index contributed by atoms with van der Waals surface area (Å²) >= 11 is 0. The summed E-state index contributed by atoms with van der Waals surface area (Å²) in [5.41, 5.74) is -1.01. The second kappa shape index (κ2) is 5.01. The second-order valence-corrected chi connectivity index (χ2v) is 3.77. The quantitative estimate of drug-likeness (QED) is 0.581. The Bertz CT molecular complexity index is 586. The lowest BCUT2D eigenvalue weighted by Gasteiger charge is -2.15. The Balaban J connectivity index is 2.05. The first-order chi connectivity index (χ1) is 8.56. The summed E-state index contributed by atoms with van der Waals surface area (Å²) in [6.07, 6.45) is 3.72. The topological polar surface area (TPSA) is 90.4 Å². The molecule has 0 bridgehead atoms. The van der Waals surface area contributed by atoms with Crippen molar-refractivity contribution in [2.75, 3.05) is 6.61 Å². The third-order valence-corrected chi connectivity index (χ3v) is 2.38. The van der Waals surface area contributed by atoms with Crippen molar-refractivity contribution in [3.63, 3.8) is 0 Å². The standard InChI is InChI=1S/C11H12N2O5/c1-7(14)17-6-8-2-3-10(18-8)13-5-4-9(15)12-11(13)16/h2-5,8,10H,6H2,1H3,(H,12,15,16). The molecule has 0 saturated carbocycles. The molecule has 0 aliphatic carbocycles. The van der Waals surface area contributed by atoms with Crippen molar-refractivity contribution in [2.24, 2.45) is 0 Å². The van der Waals surface area contributed by atoms with E-state index in [4.69, 9.17) is 9.47 Å². The summed E-state index contributed by atoms with van der Waals surface area (Å²) in [7, 11) is 0. The molecule has 1 aromatic heterocycles. The fourth-order valence-electron chi connectivity index (χ4n) is 1.57. The SMILES string of the molecule is CC(=O)OCC1C=CC(n2ccc(=O)[nH]c2=O)O1. The number of ether oxygens (including phenoxy) is 2. The third kappa shape index (κ3) is 2.75. The molecule has 1 aliphatic heterocycles. The first-order valence-electron chi connectivity index (χ1n) is 5.35. The van der Waals surface area contributed by atoms with Crippen molar-refractivity contribution in [1.82, 2.24) is 9.55 Å². The monoisotopic (exact) mass is 252 g/mol. The van der Waals surface area contributed by atoms with Gasteiger partial charge in [0.05, 0.1) is 0 Å². The van der Waals surface area contributed by atoms with E-state index in [0.717, 1.165) is 0 Å². The van der Waals surface area contributed by atoms with Crippen molar-refractivity contribution in [1.29, 1.82) is 0 Å². The van der Waals surface area contributed by atoms with Crippen LogP contribution in [0.15, 0.2) is 34.0 Å². The van der Waals surface area contributed by atoms with E-state index < -0.39 is 29.6 Å². The number of esters is 1. The van der Waals surface area contributed by atoms with Crippen LogP contribution in [-0.4, -0.2) is 28.2 Å². The summed E-state index contributed by atoms with van der Waals surface area (Å²) in [4.78, 5) is 35.2. The van der Waals surface area contributed by atoms with E-state index in [1.54, 1.807) is 12.2 Å². The van der Waals surface area contributed by atoms with Crippen LogP contribution in [-0.2, 0) is 14.3 Å². The largest absolute Gasteiger partial charge is 0.463 e. The smallest absolute Gasteiger partial charge is 0.330 e. The molecule has 18 heavy (non-hydrogen) atoms. The molecule has 96 valence electrons. The van der Waals surface area contributed by atoms with E-state index >= 15 is 0 Å². The van der Waals surface area contributed by atoms with Crippen molar-refractivity contribution in [3.8, 4) is 0 Å². The molecule has 1 aromatic rings. The van der Waals surface area contributed by atoms with E-state index in [-0.39, 0.29) is 6.61 Å². The maximum absolute atomic E-state index is 11.5. The summed E-state index contributed by atoms with van der Waals surface area (Å²) in [5.74, 6) is -0.392. The Hall–Kier alpha value is -2.15. The highest BCUT2D eigenvalue weighted by Gasteiger charge is 2.22. The van der Waals surface area contributed by atoms with Crippen LogP contribution >= 0.6 is 0 Å². The first kappa shape index (κ1) is 12.3. The number of carbonyl (C=O) groups is 1. The highest BCUT2D eigenvalue weighted by atomic mass is 16.6. The van der Waals surface area contributed by atoms with E-state index in [2.05, 4.69) is 4.98 Å². The second-order valence-electron chi connectivity index (χ2n) is 3.77. The average Bonchev–Trinajstić information content (AvgIpc) is 2.75. The van der Waals surface area contributed by atoms with E-state index in [1.165, 1.54) is 23.8 Å². The van der Waals surface area contributed by atoms with Gasteiger partial charge in [0, 0.05) is 19.2 Å². The lowest BCUT2D eigenvalue weighted by molar-refractivity contribution is -0.145. The van der Waals surface area contributed by atoms with Gasteiger partial charge in [-0.1, -0.05) is 6.08 Å². The molecule has 1 aliphatic rings. The van der Waals surface area contributed by atoms with Gasteiger partial charge in [0.2, 0.25) is 0 Å². The van der Waals surface area contributed by atoms with Crippen LogP contribution in [0.1, 0.15) is 13.2 Å². The van der Waals surface area contributed by atoms with Gasteiger partial charge < -0.3 is 9.47 Å². The van der Waals surface area contributed by atoms with Crippen LogP contribution in [0.2, 0.25) is 0 Å². The Kier molecular flexibility index (Phi) is 3.42. The fraction of sp³-hybridized carbons (Fsp3) is 0.364. The number of carbonyl (C=O) groups excluding carboxylic acids is 1. The Morgan fingerprint density at radius 1 is 1.50 bits per heavy atom. The molecule has 0 amide bonds. The van der Waals surface area contributed by atoms with Gasteiger partial charge in [-0.15, -0.1) is 0 Å². The van der Waals surface area contributed by atoms with Gasteiger partial charge in [0.25, 0.3) is 5.56 Å². The van der Waals surface area contributed by atoms with Crippen molar-refractivity contribution >= 4 is 5.97 Å². The van der Waals surface area contributed by atoms with Gasteiger partial charge in [-0.25, -0.2) is 4.79 Å². The number of hydrogen-bond acceptors (Lipinski definition) is 5. The zero-order valence-electron chi connectivity index (χ0n) is 9.66.